The van der Waals surface area contributed by atoms with Gasteiger partial charge < -0.3 is 15.0 Å². The van der Waals surface area contributed by atoms with Gasteiger partial charge in [-0.05, 0) is 18.1 Å². The molecule has 1 unspecified atom stereocenters. The number of hydrogen-bond donors (Lipinski definition) is 1. The van der Waals surface area contributed by atoms with Crippen LogP contribution in [0.3, 0.4) is 0 Å². The van der Waals surface area contributed by atoms with Crippen molar-refractivity contribution < 1.29 is 9.26 Å². The lowest BCUT2D eigenvalue weighted by molar-refractivity contribution is 0.254. The number of benzene rings is 1. The van der Waals surface area contributed by atoms with E-state index in [4.69, 9.17) is 15.0 Å². The quantitative estimate of drug-likeness (QED) is 0.780. The SMILES string of the molecule is Nc1nc(C2COc3ccccc3C2)no1. The highest BCUT2D eigenvalue weighted by Crippen LogP contribution is 2.30. The minimum atomic E-state index is 0.105. The Morgan fingerprint density at radius 1 is 1.31 bits per heavy atom. The molecule has 5 nitrogen and oxygen atoms in total. The first kappa shape index (κ1) is 9.21. The number of anilines is 1. The maximum atomic E-state index is 5.64. The second kappa shape index (κ2) is 3.52. The smallest absolute Gasteiger partial charge is 0.318 e. The summed E-state index contributed by atoms with van der Waals surface area (Å²) in [5, 5.41) is 3.82. The van der Waals surface area contributed by atoms with Crippen molar-refractivity contribution in [2.75, 3.05) is 12.3 Å². The first-order valence-corrected chi connectivity index (χ1v) is 5.13. The largest absolute Gasteiger partial charge is 0.493 e. The molecule has 0 bridgehead atoms. The van der Waals surface area contributed by atoms with Crippen LogP contribution < -0.4 is 10.5 Å². The summed E-state index contributed by atoms with van der Waals surface area (Å²) in [5.41, 5.74) is 6.57. The van der Waals surface area contributed by atoms with Crippen molar-refractivity contribution >= 4 is 6.01 Å². The average molecular weight is 217 g/mol. The Morgan fingerprint density at radius 3 is 3.00 bits per heavy atom. The number of nitrogens with two attached hydrogens (primary N) is 1. The molecule has 1 aromatic heterocycles. The molecule has 0 aliphatic carbocycles. The minimum Gasteiger partial charge on any atom is -0.493 e. The third-order valence-corrected chi connectivity index (χ3v) is 2.70. The Labute approximate surface area is 92.2 Å². The molecule has 0 saturated heterocycles. The fourth-order valence-corrected chi connectivity index (χ4v) is 1.91. The van der Waals surface area contributed by atoms with Crippen LogP contribution in [0.15, 0.2) is 28.8 Å². The third-order valence-electron chi connectivity index (χ3n) is 2.70. The summed E-state index contributed by atoms with van der Waals surface area (Å²) >= 11 is 0. The van der Waals surface area contributed by atoms with Gasteiger partial charge >= 0.3 is 6.01 Å². The van der Waals surface area contributed by atoms with E-state index in [1.54, 1.807) is 0 Å². The van der Waals surface area contributed by atoms with E-state index >= 15 is 0 Å². The molecule has 16 heavy (non-hydrogen) atoms. The van der Waals surface area contributed by atoms with Gasteiger partial charge in [-0.2, -0.15) is 4.98 Å². The van der Waals surface area contributed by atoms with Gasteiger partial charge in [0.1, 0.15) is 5.75 Å². The first-order chi connectivity index (χ1) is 7.83. The van der Waals surface area contributed by atoms with E-state index in [0.717, 1.165) is 12.2 Å². The van der Waals surface area contributed by atoms with Gasteiger partial charge in [0.2, 0.25) is 0 Å². The summed E-state index contributed by atoms with van der Waals surface area (Å²) in [6.45, 7) is 0.565. The Morgan fingerprint density at radius 2 is 2.19 bits per heavy atom. The molecule has 0 amide bonds. The Balaban J connectivity index is 1.88. The van der Waals surface area contributed by atoms with Gasteiger partial charge in [0, 0.05) is 0 Å². The number of aromatic nitrogens is 2. The van der Waals surface area contributed by atoms with Crippen LogP contribution in [0, 0.1) is 0 Å². The number of nitrogen functional groups attached to an aromatic ring is 1. The number of ether oxygens (including phenoxy) is 1. The van der Waals surface area contributed by atoms with Crippen molar-refractivity contribution in [3.63, 3.8) is 0 Å². The molecule has 2 heterocycles. The summed E-state index contributed by atoms with van der Waals surface area (Å²) in [5.74, 6) is 1.68. The normalized spacial score (nSPS) is 18.9. The van der Waals surface area contributed by atoms with Gasteiger partial charge in [-0.1, -0.05) is 23.4 Å². The molecule has 0 spiro atoms. The third kappa shape index (κ3) is 1.50. The number of para-hydroxylation sites is 1. The molecule has 2 N–H and O–H groups in total. The van der Waals surface area contributed by atoms with Gasteiger partial charge in [0.05, 0.1) is 12.5 Å². The first-order valence-electron chi connectivity index (χ1n) is 5.13. The molecular formula is C11H11N3O2. The summed E-state index contributed by atoms with van der Waals surface area (Å²) in [6.07, 6.45) is 0.856. The van der Waals surface area contributed by atoms with Crippen LogP contribution in [-0.2, 0) is 6.42 Å². The van der Waals surface area contributed by atoms with E-state index in [9.17, 15) is 0 Å². The van der Waals surface area contributed by atoms with Crippen LogP contribution in [-0.4, -0.2) is 16.7 Å². The topological polar surface area (TPSA) is 74.2 Å². The molecule has 1 aliphatic rings. The van der Waals surface area contributed by atoms with E-state index in [1.165, 1.54) is 5.56 Å². The van der Waals surface area contributed by atoms with Gasteiger partial charge in [-0.15, -0.1) is 0 Å². The van der Waals surface area contributed by atoms with Crippen LogP contribution in [0.2, 0.25) is 0 Å². The molecular weight excluding hydrogens is 206 g/mol. The maximum absolute atomic E-state index is 5.64. The van der Waals surface area contributed by atoms with E-state index < -0.39 is 0 Å². The average Bonchev–Trinajstić information content (AvgIpc) is 2.75. The predicted octanol–water partition coefficient (Wildman–Crippen LogP) is 1.37. The molecule has 0 fully saturated rings. The van der Waals surface area contributed by atoms with E-state index in [0.29, 0.717) is 12.4 Å². The highest BCUT2D eigenvalue weighted by Gasteiger charge is 2.24. The highest BCUT2D eigenvalue weighted by atomic mass is 16.5. The van der Waals surface area contributed by atoms with Crippen molar-refractivity contribution in [2.45, 2.75) is 12.3 Å². The molecule has 82 valence electrons. The van der Waals surface area contributed by atoms with E-state index in [1.807, 2.05) is 24.3 Å². The summed E-state index contributed by atoms with van der Waals surface area (Å²) in [6, 6.07) is 8.08. The number of fused-ring (bicyclic) bond motifs is 1. The van der Waals surface area contributed by atoms with Crippen molar-refractivity contribution in [3.8, 4) is 5.75 Å². The Kier molecular flexibility index (Phi) is 2.02. The summed E-state index contributed by atoms with van der Waals surface area (Å²) in [4.78, 5) is 4.03. The molecule has 2 aromatic rings. The summed E-state index contributed by atoms with van der Waals surface area (Å²) in [7, 11) is 0. The van der Waals surface area contributed by atoms with Crippen LogP contribution in [0.5, 0.6) is 5.75 Å². The zero-order chi connectivity index (χ0) is 11.0. The predicted molar refractivity (Wildman–Crippen MR) is 57.1 cm³/mol. The zero-order valence-electron chi connectivity index (χ0n) is 8.59. The van der Waals surface area contributed by atoms with Crippen molar-refractivity contribution in [2.24, 2.45) is 0 Å². The molecule has 3 rings (SSSR count). The minimum absolute atomic E-state index is 0.105. The standard InChI is InChI=1S/C11H11N3O2/c12-11-13-10(14-16-11)8-5-7-3-1-2-4-9(7)15-6-8/h1-4,8H,5-6H2,(H2,12,13,14). The zero-order valence-corrected chi connectivity index (χ0v) is 8.59. The molecule has 1 aliphatic heterocycles. The van der Waals surface area contributed by atoms with Crippen LogP contribution >= 0.6 is 0 Å². The molecule has 5 heteroatoms. The number of rotatable bonds is 1. The van der Waals surface area contributed by atoms with Crippen molar-refractivity contribution in [1.82, 2.24) is 10.1 Å². The number of nitrogens with zero attached hydrogens (tertiary/aromatic N) is 2. The second-order valence-electron chi connectivity index (χ2n) is 3.81. The fraction of sp³-hybridized carbons (Fsp3) is 0.273. The number of hydrogen-bond acceptors (Lipinski definition) is 5. The molecule has 0 radical (unpaired) electrons. The van der Waals surface area contributed by atoms with E-state index in [-0.39, 0.29) is 11.9 Å². The maximum Gasteiger partial charge on any atom is 0.318 e. The molecule has 0 saturated carbocycles. The monoisotopic (exact) mass is 217 g/mol. The Bertz CT molecular complexity index is 509. The highest BCUT2D eigenvalue weighted by molar-refractivity contribution is 5.36. The molecule has 1 atom stereocenters. The van der Waals surface area contributed by atoms with Crippen LogP contribution in [0.4, 0.5) is 6.01 Å². The van der Waals surface area contributed by atoms with Crippen molar-refractivity contribution in [1.29, 1.82) is 0 Å². The summed E-state index contributed by atoms with van der Waals surface area (Å²) < 4.78 is 10.4. The van der Waals surface area contributed by atoms with E-state index in [2.05, 4.69) is 10.1 Å². The fourth-order valence-electron chi connectivity index (χ4n) is 1.91. The van der Waals surface area contributed by atoms with Gasteiger partial charge in [0.15, 0.2) is 5.82 Å². The van der Waals surface area contributed by atoms with Crippen LogP contribution in [0.25, 0.3) is 0 Å². The second-order valence-corrected chi connectivity index (χ2v) is 3.81. The molecule has 1 aromatic carbocycles. The van der Waals surface area contributed by atoms with Gasteiger partial charge in [0.25, 0.3) is 0 Å². The van der Waals surface area contributed by atoms with Gasteiger partial charge in [-0.3, -0.25) is 0 Å². The lowest BCUT2D eigenvalue weighted by atomic mass is 9.96. The lowest BCUT2D eigenvalue weighted by Gasteiger charge is -2.22. The van der Waals surface area contributed by atoms with Gasteiger partial charge in [-0.25, -0.2) is 0 Å². The van der Waals surface area contributed by atoms with Crippen LogP contribution in [0.1, 0.15) is 17.3 Å². The Hall–Kier alpha value is -2.04. The van der Waals surface area contributed by atoms with Crippen molar-refractivity contribution in [3.05, 3.63) is 35.7 Å². The lowest BCUT2D eigenvalue weighted by Crippen LogP contribution is -2.20.